The molecule has 0 atom stereocenters. The van der Waals surface area contributed by atoms with Crippen LogP contribution in [0.15, 0.2) is 42.7 Å². The summed E-state index contributed by atoms with van der Waals surface area (Å²) in [5.41, 5.74) is 2.88. The molecule has 3 rings (SSSR count). The van der Waals surface area contributed by atoms with Gasteiger partial charge >= 0.3 is 0 Å². The van der Waals surface area contributed by atoms with Crippen LogP contribution in [0.25, 0.3) is 22.2 Å². The Morgan fingerprint density at radius 2 is 2.13 bits per heavy atom. The van der Waals surface area contributed by atoms with E-state index in [-0.39, 0.29) is 0 Å². The van der Waals surface area contributed by atoms with Crippen LogP contribution in [-0.2, 0) is 0 Å². The first-order valence-electron chi connectivity index (χ1n) is 4.70. The van der Waals surface area contributed by atoms with Crippen LogP contribution in [0.5, 0.6) is 0 Å². The fourth-order valence-corrected chi connectivity index (χ4v) is 1.58. The summed E-state index contributed by atoms with van der Waals surface area (Å²) < 4.78 is 0. The van der Waals surface area contributed by atoms with Crippen LogP contribution < -0.4 is 0 Å². The normalized spacial score (nSPS) is 10.7. The summed E-state index contributed by atoms with van der Waals surface area (Å²) in [7, 11) is 0. The number of H-pyrrole nitrogens is 1. The highest BCUT2D eigenvalue weighted by Crippen LogP contribution is 2.19. The van der Waals surface area contributed by atoms with Crippen molar-refractivity contribution in [2.45, 2.75) is 0 Å². The number of pyridine rings is 1. The summed E-state index contributed by atoms with van der Waals surface area (Å²) in [6.45, 7) is 0. The molecule has 3 aromatic rings. The molecule has 0 amide bonds. The largest absolute Gasteiger partial charge is 0.341 e. The Bertz CT molecular complexity index is 585. The second-order valence-electron chi connectivity index (χ2n) is 3.31. The molecule has 15 heavy (non-hydrogen) atoms. The molecule has 0 aliphatic heterocycles. The molecule has 2 aromatic heterocycles. The SMILES string of the molecule is [c]1nc(-c2cnc3ccccc3c2)c[nH]1. The predicted octanol–water partition coefficient (Wildman–Crippen LogP) is 2.43. The van der Waals surface area contributed by atoms with Crippen molar-refractivity contribution in [2.24, 2.45) is 0 Å². The Kier molecular flexibility index (Phi) is 1.75. The first-order chi connectivity index (χ1) is 7.43. The van der Waals surface area contributed by atoms with Gasteiger partial charge in [0, 0.05) is 23.3 Å². The van der Waals surface area contributed by atoms with E-state index in [2.05, 4.69) is 27.3 Å². The minimum Gasteiger partial charge on any atom is -0.341 e. The minimum atomic E-state index is 0.869. The summed E-state index contributed by atoms with van der Waals surface area (Å²) in [6, 6.07) is 10.1. The van der Waals surface area contributed by atoms with Gasteiger partial charge in [-0.3, -0.25) is 4.98 Å². The average molecular weight is 194 g/mol. The zero-order valence-electron chi connectivity index (χ0n) is 7.94. The fraction of sp³-hybridized carbons (Fsp3) is 0. The lowest BCUT2D eigenvalue weighted by Crippen LogP contribution is -1.82. The monoisotopic (exact) mass is 194 g/mol. The maximum atomic E-state index is 4.37. The quantitative estimate of drug-likeness (QED) is 0.646. The summed E-state index contributed by atoms with van der Waals surface area (Å²) in [5, 5.41) is 1.12. The van der Waals surface area contributed by atoms with Crippen molar-refractivity contribution in [3.8, 4) is 11.3 Å². The van der Waals surface area contributed by atoms with Crippen molar-refractivity contribution in [1.82, 2.24) is 15.0 Å². The van der Waals surface area contributed by atoms with Gasteiger partial charge in [0.05, 0.1) is 11.2 Å². The Morgan fingerprint density at radius 1 is 1.20 bits per heavy atom. The summed E-state index contributed by atoms with van der Waals surface area (Å²) in [5.74, 6) is 0. The highest BCUT2D eigenvalue weighted by molar-refractivity contribution is 5.82. The third-order valence-corrected chi connectivity index (χ3v) is 2.34. The van der Waals surface area contributed by atoms with E-state index in [9.17, 15) is 0 Å². The second kappa shape index (κ2) is 3.20. The first kappa shape index (κ1) is 8.17. The zero-order valence-corrected chi connectivity index (χ0v) is 7.94. The van der Waals surface area contributed by atoms with Gasteiger partial charge in [-0.1, -0.05) is 18.2 Å². The maximum absolute atomic E-state index is 4.37. The highest BCUT2D eigenvalue weighted by Gasteiger charge is 2.01. The number of nitrogens with one attached hydrogen (secondary N) is 1. The van der Waals surface area contributed by atoms with E-state index in [1.54, 1.807) is 0 Å². The van der Waals surface area contributed by atoms with Crippen LogP contribution in [0.1, 0.15) is 0 Å². The molecule has 1 N–H and O–H groups in total. The molecule has 0 saturated carbocycles. The molecule has 3 nitrogen and oxygen atoms in total. The number of aromatic nitrogens is 3. The molecule has 0 aliphatic carbocycles. The van der Waals surface area contributed by atoms with Crippen molar-refractivity contribution in [3.63, 3.8) is 0 Å². The number of hydrogen-bond donors (Lipinski definition) is 1. The van der Waals surface area contributed by atoms with Gasteiger partial charge in [0.2, 0.25) is 0 Å². The third kappa shape index (κ3) is 1.38. The van der Waals surface area contributed by atoms with E-state index in [0.29, 0.717) is 0 Å². The molecule has 0 bridgehead atoms. The topological polar surface area (TPSA) is 41.6 Å². The molecule has 2 heterocycles. The summed E-state index contributed by atoms with van der Waals surface area (Å²) in [6.07, 6.45) is 6.31. The average Bonchev–Trinajstić information content (AvgIpc) is 2.82. The molecule has 0 spiro atoms. The van der Waals surface area contributed by atoms with E-state index in [4.69, 9.17) is 0 Å². The number of imidazole rings is 1. The Labute approximate surface area is 86.8 Å². The van der Waals surface area contributed by atoms with E-state index >= 15 is 0 Å². The molecule has 0 fully saturated rings. The number of para-hydroxylation sites is 1. The lowest BCUT2D eigenvalue weighted by Gasteiger charge is -1.99. The first-order valence-corrected chi connectivity index (χ1v) is 4.70. The van der Waals surface area contributed by atoms with Gasteiger partial charge in [-0.25, -0.2) is 4.98 Å². The zero-order chi connectivity index (χ0) is 10.1. The van der Waals surface area contributed by atoms with Crippen LogP contribution in [0.2, 0.25) is 0 Å². The third-order valence-electron chi connectivity index (χ3n) is 2.34. The van der Waals surface area contributed by atoms with E-state index in [0.717, 1.165) is 22.2 Å². The van der Waals surface area contributed by atoms with Crippen LogP contribution in [0, 0.1) is 6.33 Å². The molecular weight excluding hydrogens is 186 g/mol. The molecule has 3 heteroatoms. The van der Waals surface area contributed by atoms with E-state index < -0.39 is 0 Å². The van der Waals surface area contributed by atoms with Crippen molar-refractivity contribution >= 4 is 10.9 Å². The smallest absolute Gasteiger partial charge is 0.174 e. The molecular formula is C12H8N3. The second-order valence-corrected chi connectivity index (χ2v) is 3.31. The molecule has 1 aromatic carbocycles. The summed E-state index contributed by atoms with van der Waals surface area (Å²) in [4.78, 5) is 11.3. The van der Waals surface area contributed by atoms with Gasteiger partial charge in [-0.2, -0.15) is 0 Å². The number of aromatic amines is 1. The van der Waals surface area contributed by atoms with Gasteiger partial charge < -0.3 is 4.98 Å². The number of hydrogen-bond acceptors (Lipinski definition) is 2. The Morgan fingerprint density at radius 3 is 3.00 bits per heavy atom. The van der Waals surface area contributed by atoms with Crippen LogP contribution in [-0.4, -0.2) is 15.0 Å². The Hall–Kier alpha value is -2.16. The summed E-state index contributed by atoms with van der Waals surface area (Å²) >= 11 is 0. The van der Waals surface area contributed by atoms with Crippen LogP contribution in [0.3, 0.4) is 0 Å². The van der Waals surface area contributed by atoms with Crippen molar-refractivity contribution in [1.29, 1.82) is 0 Å². The predicted molar refractivity (Wildman–Crippen MR) is 58.2 cm³/mol. The number of rotatable bonds is 1. The lowest BCUT2D eigenvalue weighted by molar-refractivity contribution is 1.29. The minimum absolute atomic E-state index is 0.869. The van der Waals surface area contributed by atoms with Gasteiger partial charge in [0.1, 0.15) is 0 Å². The highest BCUT2D eigenvalue weighted by atomic mass is 14.9. The van der Waals surface area contributed by atoms with Gasteiger partial charge in [-0.15, -0.1) is 0 Å². The van der Waals surface area contributed by atoms with Crippen LogP contribution >= 0.6 is 0 Å². The van der Waals surface area contributed by atoms with E-state index in [1.165, 1.54) is 0 Å². The molecule has 0 unspecified atom stereocenters. The Balaban J connectivity index is 2.22. The van der Waals surface area contributed by atoms with Crippen molar-refractivity contribution in [2.75, 3.05) is 0 Å². The molecule has 1 radical (unpaired) electrons. The molecule has 0 aliphatic rings. The number of fused-ring (bicyclic) bond motifs is 1. The van der Waals surface area contributed by atoms with Crippen molar-refractivity contribution < 1.29 is 0 Å². The van der Waals surface area contributed by atoms with Gasteiger partial charge in [-0.05, 0) is 12.1 Å². The number of benzene rings is 1. The van der Waals surface area contributed by atoms with Crippen LogP contribution in [0.4, 0.5) is 0 Å². The van der Waals surface area contributed by atoms with E-state index in [1.807, 2.05) is 36.7 Å². The van der Waals surface area contributed by atoms with Gasteiger partial charge in [0.15, 0.2) is 6.33 Å². The van der Waals surface area contributed by atoms with Gasteiger partial charge in [0.25, 0.3) is 0 Å². The molecule has 0 saturated heterocycles. The molecule has 71 valence electrons. The maximum Gasteiger partial charge on any atom is 0.174 e. The fourth-order valence-electron chi connectivity index (χ4n) is 1.58. The standard InChI is InChI=1S/C12H8N3/c1-2-4-11-9(3-1)5-10(6-14-11)12-7-13-8-15-12/h1-7H,(H,13,15). The number of nitrogens with zero attached hydrogens (tertiary/aromatic N) is 2. The van der Waals surface area contributed by atoms with Crippen molar-refractivity contribution in [3.05, 3.63) is 49.1 Å². The lowest BCUT2D eigenvalue weighted by atomic mass is 10.1.